The van der Waals surface area contributed by atoms with Gasteiger partial charge < -0.3 is 26.8 Å². The summed E-state index contributed by atoms with van der Waals surface area (Å²) in [7, 11) is 0. The minimum Gasteiger partial charge on any atom is -0.481 e. The molecule has 0 radical (unpaired) electrons. The zero-order valence-electron chi connectivity index (χ0n) is 7.46. The normalized spacial score (nSPS) is 17.1. The van der Waals surface area contributed by atoms with Crippen LogP contribution in [0.15, 0.2) is 0 Å². The maximum atomic E-state index is 11.1. The molecule has 0 aromatic rings. The number of carboxylic acids is 1. The maximum absolute atomic E-state index is 11.1. The fourth-order valence-corrected chi connectivity index (χ4v) is 0.819. The van der Waals surface area contributed by atoms with E-state index in [2.05, 4.69) is 0 Å². The SMILES string of the molecule is N[C@H](CO)C(O)C(=O)[C@@H](N)CC(=O)O. The Hall–Kier alpha value is -1.02. The summed E-state index contributed by atoms with van der Waals surface area (Å²) in [5.74, 6) is -2.12. The highest BCUT2D eigenvalue weighted by Crippen LogP contribution is 1.99. The van der Waals surface area contributed by atoms with Crippen molar-refractivity contribution in [3.63, 3.8) is 0 Å². The van der Waals surface area contributed by atoms with E-state index in [1.807, 2.05) is 0 Å². The number of aliphatic carboxylic acids is 1. The van der Waals surface area contributed by atoms with E-state index in [9.17, 15) is 9.59 Å². The topological polar surface area (TPSA) is 147 Å². The van der Waals surface area contributed by atoms with E-state index in [1.54, 1.807) is 0 Å². The number of aliphatic hydroxyl groups excluding tert-OH is 2. The zero-order chi connectivity index (χ0) is 11.3. The Labute approximate surface area is 80.3 Å². The van der Waals surface area contributed by atoms with Gasteiger partial charge in [-0.05, 0) is 0 Å². The van der Waals surface area contributed by atoms with Crippen molar-refractivity contribution < 1.29 is 24.9 Å². The van der Waals surface area contributed by atoms with Crippen molar-refractivity contribution in [1.29, 1.82) is 0 Å². The highest BCUT2D eigenvalue weighted by Gasteiger charge is 2.28. The molecule has 0 aliphatic heterocycles. The average Bonchev–Trinajstić information content (AvgIpc) is 2.13. The van der Waals surface area contributed by atoms with Crippen LogP contribution in [0.4, 0.5) is 0 Å². The molecule has 0 bridgehead atoms. The van der Waals surface area contributed by atoms with Crippen molar-refractivity contribution in [2.45, 2.75) is 24.6 Å². The Morgan fingerprint density at radius 3 is 2.14 bits per heavy atom. The van der Waals surface area contributed by atoms with Gasteiger partial charge in [-0.2, -0.15) is 0 Å². The van der Waals surface area contributed by atoms with Gasteiger partial charge in [0, 0.05) is 0 Å². The van der Waals surface area contributed by atoms with Crippen molar-refractivity contribution in [2.75, 3.05) is 6.61 Å². The fourth-order valence-electron chi connectivity index (χ4n) is 0.819. The molecule has 0 spiro atoms. The van der Waals surface area contributed by atoms with Gasteiger partial charge in [0.2, 0.25) is 0 Å². The Bertz CT molecular complexity index is 220. The molecular weight excluding hydrogens is 192 g/mol. The molecule has 7 N–H and O–H groups in total. The number of carbonyl (C=O) groups is 2. The summed E-state index contributed by atoms with van der Waals surface area (Å²) in [5.41, 5.74) is 10.3. The van der Waals surface area contributed by atoms with E-state index in [4.69, 9.17) is 26.8 Å². The second kappa shape index (κ2) is 5.66. The standard InChI is InChI=1S/C7H14N2O5/c8-3(1-5(11)12)6(13)7(14)4(9)2-10/h3-4,7,10,14H,1-2,8-9H2,(H,11,12)/t3-,4+,7?/m0/s1. The number of hydrogen-bond acceptors (Lipinski definition) is 6. The lowest BCUT2D eigenvalue weighted by molar-refractivity contribution is -0.140. The number of aliphatic hydroxyl groups is 2. The highest BCUT2D eigenvalue weighted by molar-refractivity contribution is 5.91. The summed E-state index contributed by atoms with van der Waals surface area (Å²) in [6.45, 7) is -0.577. The molecule has 0 saturated carbocycles. The lowest BCUT2D eigenvalue weighted by atomic mass is 10.0. The van der Waals surface area contributed by atoms with Crippen molar-refractivity contribution in [3.8, 4) is 0 Å². The van der Waals surface area contributed by atoms with Crippen molar-refractivity contribution in [2.24, 2.45) is 11.5 Å². The summed E-state index contributed by atoms with van der Waals surface area (Å²) in [5, 5.41) is 26.0. The predicted molar refractivity (Wildman–Crippen MR) is 46.3 cm³/mol. The molecule has 0 rings (SSSR count). The smallest absolute Gasteiger partial charge is 0.305 e. The Balaban J connectivity index is 4.23. The molecule has 0 aliphatic rings. The van der Waals surface area contributed by atoms with Crippen LogP contribution in [0.25, 0.3) is 0 Å². The minimum atomic E-state index is -1.63. The quantitative estimate of drug-likeness (QED) is 0.312. The summed E-state index contributed by atoms with van der Waals surface area (Å²) in [6.07, 6.45) is -2.21. The first kappa shape index (κ1) is 13.0. The van der Waals surface area contributed by atoms with Gasteiger partial charge >= 0.3 is 5.97 Å². The number of carbonyl (C=O) groups excluding carboxylic acids is 1. The van der Waals surface area contributed by atoms with E-state index < -0.39 is 43.0 Å². The summed E-state index contributed by atoms with van der Waals surface area (Å²) in [4.78, 5) is 21.3. The predicted octanol–water partition coefficient (Wildman–Crippen LogP) is -2.96. The zero-order valence-corrected chi connectivity index (χ0v) is 7.46. The molecule has 3 atom stereocenters. The molecular formula is C7H14N2O5. The number of nitrogens with two attached hydrogens (primary N) is 2. The van der Waals surface area contributed by atoms with Crippen LogP contribution in [0.3, 0.4) is 0 Å². The molecule has 7 nitrogen and oxygen atoms in total. The third-order valence-corrected chi connectivity index (χ3v) is 1.67. The van der Waals surface area contributed by atoms with Crippen molar-refractivity contribution in [3.05, 3.63) is 0 Å². The molecule has 0 aliphatic carbocycles. The Kier molecular flexibility index (Phi) is 5.24. The number of hydrogen-bond donors (Lipinski definition) is 5. The second-order valence-electron chi connectivity index (χ2n) is 2.90. The van der Waals surface area contributed by atoms with E-state index in [0.29, 0.717) is 0 Å². The number of carboxylic acid groups (broad SMARTS) is 1. The van der Waals surface area contributed by atoms with Crippen LogP contribution < -0.4 is 11.5 Å². The Morgan fingerprint density at radius 2 is 1.79 bits per heavy atom. The van der Waals surface area contributed by atoms with Crippen molar-refractivity contribution >= 4 is 11.8 Å². The van der Waals surface area contributed by atoms with Gasteiger partial charge in [0.25, 0.3) is 0 Å². The first-order valence-electron chi connectivity index (χ1n) is 3.95. The fraction of sp³-hybridized carbons (Fsp3) is 0.714. The van der Waals surface area contributed by atoms with Crippen LogP contribution in [0.5, 0.6) is 0 Å². The minimum absolute atomic E-state index is 0.575. The van der Waals surface area contributed by atoms with Crippen LogP contribution in [-0.2, 0) is 9.59 Å². The highest BCUT2D eigenvalue weighted by atomic mass is 16.4. The van der Waals surface area contributed by atoms with Crippen LogP contribution in [-0.4, -0.2) is 51.9 Å². The third-order valence-electron chi connectivity index (χ3n) is 1.67. The number of Topliss-reactive ketones (excluding diaryl/α,β-unsaturated/α-hetero) is 1. The molecule has 0 aromatic heterocycles. The van der Waals surface area contributed by atoms with Crippen LogP contribution in [0.1, 0.15) is 6.42 Å². The van der Waals surface area contributed by atoms with E-state index in [1.165, 1.54) is 0 Å². The van der Waals surface area contributed by atoms with Gasteiger partial charge in [-0.15, -0.1) is 0 Å². The molecule has 0 fully saturated rings. The van der Waals surface area contributed by atoms with Gasteiger partial charge in [0.1, 0.15) is 6.10 Å². The molecule has 0 saturated heterocycles. The number of ketones is 1. The van der Waals surface area contributed by atoms with Gasteiger partial charge in [-0.25, -0.2) is 0 Å². The second-order valence-corrected chi connectivity index (χ2v) is 2.90. The molecule has 7 heteroatoms. The van der Waals surface area contributed by atoms with Gasteiger partial charge in [0.15, 0.2) is 5.78 Å². The maximum Gasteiger partial charge on any atom is 0.305 e. The van der Waals surface area contributed by atoms with E-state index in [-0.39, 0.29) is 0 Å². The molecule has 14 heavy (non-hydrogen) atoms. The summed E-state index contributed by atoms with van der Waals surface area (Å²) >= 11 is 0. The van der Waals surface area contributed by atoms with E-state index in [0.717, 1.165) is 0 Å². The van der Waals surface area contributed by atoms with Crippen LogP contribution in [0, 0.1) is 0 Å². The third kappa shape index (κ3) is 3.79. The molecule has 0 heterocycles. The van der Waals surface area contributed by atoms with Crippen LogP contribution >= 0.6 is 0 Å². The summed E-state index contributed by atoms with van der Waals surface area (Å²) in [6, 6.07) is -2.44. The molecule has 1 unspecified atom stereocenters. The molecule has 82 valence electrons. The van der Waals surface area contributed by atoms with Crippen LogP contribution in [0.2, 0.25) is 0 Å². The van der Waals surface area contributed by atoms with Gasteiger partial charge in [0.05, 0.1) is 25.1 Å². The monoisotopic (exact) mass is 206 g/mol. The first-order valence-corrected chi connectivity index (χ1v) is 3.95. The average molecular weight is 206 g/mol. The number of rotatable bonds is 6. The molecule has 0 aromatic carbocycles. The lowest BCUT2D eigenvalue weighted by Crippen LogP contribution is -2.50. The Morgan fingerprint density at radius 1 is 1.29 bits per heavy atom. The van der Waals surface area contributed by atoms with E-state index >= 15 is 0 Å². The lowest BCUT2D eigenvalue weighted by Gasteiger charge is -2.18. The summed E-state index contributed by atoms with van der Waals surface area (Å²) < 4.78 is 0. The molecule has 0 amide bonds. The van der Waals surface area contributed by atoms with Gasteiger partial charge in [-0.1, -0.05) is 0 Å². The van der Waals surface area contributed by atoms with Crippen molar-refractivity contribution in [1.82, 2.24) is 0 Å². The first-order chi connectivity index (χ1) is 6.40. The van der Waals surface area contributed by atoms with Gasteiger partial charge in [-0.3, -0.25) is 9.59 Å². The largest absolute Gasteiger partial charge is 0.481 e.